The van der Waals surface area contributed by atoms with Crippen LogP contribution in [-0.2, 0) is 11.2 Å². The molecular formula is C19H18N2O2S. The van der Waals surface area contributed by atoms with E-state index in [1.807, 2.05) is 60.9 Å². The van der Waals surface area contributed by atoms with Crippen molar-refractivity contribution in [1.82, 2.24) is 4.98 Å². The van der Waals surface area contributed by atoms with E-state index in [-0.39, 0.29) is 5.91 Å². The van der Waals surface area contributed by atoms with Crippen molar-refractivity contribution in [3.63, 3.8) is 0 Å². The Kier molecular flexibility index (Phi) is 5.33. The average Bonchev–Trinajstić information content (AvgIpc) is 3.10. The summed E-state index contributed by atoms with van der Waals surface area (Å²) >= 11 is 1.61. The van der Waals surface area contributed by atoms with Gasteiger partial charge in [0.25, 0.3) is 0 Å². The van der Waals surface area contributed by atoms with E-state index in [0.29, 0.717) is 18.7 Å². The third-order valence-electron chi connectivity index (χ3n) is 3.56. The molecule has 4 nitrogen and oxygen atoms in total. The molecule has 0 aliphatic heterocycles. The number of oxazole rings is 1. The number of hydrogen-bond donors (Lipinski definition) is 1. The number of nitrogens with zero attached hydrogens (tertiary/aromatic N) is 1. The maximum Gasteiger partial charge on any atom is 0.224 e. The molecule has 2 aromatic carbocycles. The third kappa shape index (κ3) is 4.06. The zero-order chi connectivity index (χ0) is 16.8. The van der Waals surface area contributed by atoms with E-state index in [0.717, 1.165) is 21.9 Å². The Balaban J connectivity index is 1.58. The summed E-state index contributed by atoms with van der Waals surface area (Å²) in [4.78, 5) is 17.4. The molecule has 0 radical (unpaired) electrons. The molecule has 1 heterocycles. The number of rotatable bonds is 6. The van der Waals surface area contributed by atoms with Crippen molar-refractivity contribution in [3.05, 3.63) is 66.7 Å². The van der Waals surface area contributed by atoms with E-state index in [9.17, 15) is 4.79 Å². The fourth-order valence-corrected chi connectivity index (χ4v) is 2.90. The maximum atomic E-state index is 12.1. The third-order valence-corrected chi connectivity index (χ3v) is 4.35. The topological polar surface area (TPSA) is 55.1 Å². The van der Waals surface area contributed by atoms with E-state index >= 15 is 0 Å². The van der Waals surface area contributed by atoms with Crippen molar-refractivity contribution in [1.29, 1.82) is 0 Å². The van der Waals surface area contributed by atoms with Crippen LogP contribution >= 0.6 is 11.8 Å². The average molecular weight is 338 g/mol. The molecule has 0 saturated heterocycles. The second-order valence-corrected chi connectivity index (χ2v) is 6.08. The van der Waals surface area contributed by atoms with Crippen LogP contribution < -0.4 is 5.32 Å². The van der Waals surface area contributed by atoms with Crippen LogP contribution in [0.25, 0.3) is 11.3 Å². The van der Waals surface area contributed by atoms with Crippen LogP contribution in [0.5, 0.6) is 0 Å². The highest BCUT2D eigenvalue weighted by Crippen LogP contribution is 2.25. The van der Waals surface area contributed by atoms with Gasteiger partial charge in [-0.3, -0.25) is 4.79 Å². The molecular weight excluding hydrogens is 320 g/mol. The highest BCUT2D eigenvalue weighted by Gasteiger charge is 2.10. The quantitative estimate of drug-likeness (QED) is 0.666. The number of carbonyl (C=O) groups excluding carboxylic acids is 1. The first kappa shape index (κ1) is 16.3. The predicted octanol–water partition coefficient (Wildman–Crippen LogP) is 4.63. The normalized spacial score (nSPS) is 10.5. The lowest BCUT2D eigenvalue weighted by Gasteiger charge is -2.08. The highest BCUT2D eigenvalue weighted by molar-refractivity contribution is 7.98. The van der Waals surface area contributed by atoms with Crippen molar-refractivity contribution in [2.24, 2.45) is 0 Å². The lowest BCUT2D eigenvalue weighted by molar-refractivity contribution is -0.116. The van der Waals surface area contributed by atoms with Crippen molar-refractivity contribution in [3.8, 4) is 11.3 Å². The van der Waals surface area contributed by atoms with Crippen LogP contribution in [-0.4, -0.2) is 17.1 Å². The van der Waals surface area contributed by atoms with E-state index in [4.69, 9.17) is 4.42 Å². The largest absolute Gasteiger partial charge is 0.441 e. The fourth-order valence-electron chi connectivity index (χ4n) is 2.34. The molecule has 0 atom stereocenters. The number of hydrogen-bond acceptors (Lipinski definition) is 4. The minimum Gasteiger partial charge on any atom is -0.441 e. The summed E-state index contributed by atoms with van der Waals surface area (Å²) in [7, 11) is 0. The van der Waals surface area contributed by atoms with Gasteiger partial charge < -0.3 is 9.73 Å². The number of nitrogens with one attached hydrogen (secondary N) is 1. The first-order chi connectivity index (χ1) is 11.8. The van der Waals surface area contributed by atoms with Gasteiger partial charge in [-0.1, -0.05) is 42.5 Å². The van der Waals surface area contributed by atoms with Gasteiger partial charge in [0.2, 0.25) is 5.91 Å². The Morgan fingerprint density at radius 3 is 2.67 bits per heavy atom. The van der Waals surface area contributed by atoms with Crippen molar-refractivity contribution in [2.75, 3.05) is 11.6 Å². The Morgan fingerprint density at radius 2 is 1.88 bits per heavy atom. The number of aryl methyl sites for hydroxylation is 1. The molecule has 1 N–H and O–H groups in total. The van der Waals surface area contributed by atoms with E-state index < -0.39 is 0 Å². The molecule has 0 aliphatic rings. The number of para-hydroxylation sites is 1. The van der Waals surface area contributed by atoms with Crippen molar-refractivity contribution in [2.45, 2.75) is 17.7 Å². The summed E-state index contributed by atoms with van der Waals surface area (Å²) < 4.78 is 5.72. The second kappa shape index (κ2) is 7.84. The number of benzene rings is 2. The fraction of sp³-hybridized carbons (Fsp3) is 0.158. The molecule has 1 aromatic heterocycles. The molecule has 0 spiro atoms. The van der Waals surface area contributed by atoms with E-state index in [1.165, 1.54) is 0 Å². The number of thioether (sulfide) groups is 1. The first-order valence-corrected chi connectivity index (χ1v) is 8.92. The Bertz CT molecular complexity index is 815. The molecule has 0 unspecified atom stereocenters. The zero-order valence-electron chi connectivity index (χ0n) is 13.4. The molecule has 3 aromatic rings. The second-order valence-electron chi connectivity index (χ2n) is 5.23. The van der Waals surface area contributed by atoms with Gasteiger partial charge in [0.15, 0.2) is 11.7 Å². The van der Waals surface area contributed by atoms with Crippen LogP contribution in [0.15, 0.2) is 70.1 Å². The molecule has 0 aliphatic carbocycles. The van der Waals surface area contributed by atoms with Crippen LogP contribution in [0.2, 0.25) is 0 Å². The Hall–Kier alpha value is -2.53. The summed E-state index contributed by atoms with van der Waals surface area (Å²) in [6, 6.07) is 17.6. The molecule has 5 heteroatoms. The molecule has 24 heavy (non-hydrogen) atoms. The predicted molar refractivity (Wildman–Crippen MR) is 97.1 cm³/mol. The van der Waals surface area contributed by atoms with Gasteiger partial charge in [0, 0.05) is 23.3 Å². The molecule has 122 valence electrons. The van der Waals surface area contributed by atoms with Crippen LogP contribution in [0.4, 0.5) is 5.69 Å². The van der Waals surface area contributed by atoms with Gasteiger partial charge in [0.05, 0.1) is 11.9 Å². The van der Waals surface area contributed by atoms with Crippen LogP contribution in [0, 0.1) is 0 Å². The number of carbonyl (C=O) groups is 1. The lowest BCUT2D eigenvalue weighted by Crippen LogP contribution is -2.13. The number of anilines is 1. The standard InChI is InChI=1S/C19H18N2O2S/c1-24-17-10-6-5-9-15(17)21-18(22)11-12-19-20-13-16(23-19)14-7-3-2-4-8-14/h2-10,13H,11-12H2,1H3,(H,21,22). The zero-order valence-corrected chi connectivity index (χ0v) is 14.2. The van der Waals surface area contributed by atoms with Gasteiger partial charge in [-0.15, -0.1) is 11.8 Å². The summed E-state index contributed by atoms with van der Waals surface area (Å²) in [5.41, 5.74) is 1.82. The van der Waals surface area contributed by atoms with Gasteiger partial charge in [-0.2, -0.15) is 0 Å². The molecule has 0 saturated carbocycles. The van der Waals surface area contributed by atoms with Crippen molar-refractivity contribution < 1.29 is 9.21 Å². The summed E-state index contributed by atoms with van der Waals surface area (Å²) in [5, 5.41) is 2.94. The SMILES string of the molecule is CSc1ccccc1NC(=O)CCc1ncc(-c2ccccc2)o1. The maximum absolute atomic E-state index is 12.1. The Morgan fingerprint density at radius 1 is 1.12 bits per heavy atom. The number of amides is 1. The van der Waals surface area contributed by atoms with Gasteiger partial charge >= 0.3 is 0 Å². The van der Waals surface area contributed by atoms with Crippen LogP contribution in [0.3, 0.4) is 0 Å². The molecule has 1 amide bonds. The highest BCUT2D eigenvalue weighted by atomic mass is 32.2. The minimum absolute atomic E-state index is 0.0454. The van der Waals surface area contributed by atoms with Crippen LogP contribution in [0.1, 0.15) is 12.3 Å². The summed E-state index contributed by atoms with van der Waals surface area (Å²) in [5.74, 6) is 1.25. The number of aromatic nitrogens is 1. The first-order valence-electron chi connectivity index (χ1n) is 7.69. The monoisotopic (exact) mass is 338 g/mol. The smallest absolute Gasteiger partial charge is 0.224 e. The lowest BCUT2D eigenvalue weighted by atomic mass is 10.2. The van der Waals surface area contributed by atoms with Gasteiger partial charge in [-0.25, -0.2) is 4.98 Å². The van der Waals surface area contributed by atoms with Gasteiger partial charge in [-0.05, 0) is 18.4 Å². The Labute approximate surface area is 145 Å². The van der Waals surface area contributed by atoms with E-state index in [1.54, 1.807) is 18.0 Å². The molecule has 0 bridgehead atoms. The van der Waals surface area contributed by atoms with Crippen molar-refractivity contribution >= 4 is 23.4 Å². The molecule has 0 fully saturated rings. The minimum atomic E-state index is -0.0454. The summed E-state index contributed by atoms with van der Waals surface area (Å²) in [6.07, 6.45) is 4.49. The van der Waals surface area contributed by atoms with Gasteiger partial charge in [0.1, 0.15) is 0 Å². The summed E-state index contributed by atoms with van der Waals surface area (Å²) in [6.45, 7) is 0. The molecule has 3 rings (SSSR count). The van der Waals surface area contributed by atoms with E-state index in [2.05, 4.69) is 10.3 Å².